The number of amides is 1. The number of nitrogens with two attached hydrogens (primary N) is 1. The summed E-state index contributed by atoms with van der Waals surface area (Å²) in [6.07, 6.45) is 3.66. The van der Waals surface area contributed by atoms with Crippen molar-refractivity contribution in [3.05, 3.63) is 29.8 Å². The van der Waals surface area contributed by atoms with Crippen LogP contribution in [-0.4, -0.2) is 18.1 Å². The molecule has 1 unspecified atom stereocenters. The monoisotopic (exact) mass is 276 g/mol. The second-order valence-electron chi connectivity index (χ2n) is 5.56. The molecule has 1 fully saturated rings. The second-order valence-corrected chi connectivity index (χ2v) is 5.56. The van der Waals surface area contributed by atoms with Gasteiger partial charge in [-0.15, -0.1) is 0 Å². The van der Waals surface area contributed by atoms with Crippen LogP contribution < -0.4 is 15.8 Å². The summed E-state index contributed by atoms with van der Waals surface area (Å²) in [5, 5.41) is 3.03. The third-order valence-electron chi connectivity index (χ3n) is 3.99. The summed E-state index contributed by atoms with van der Waals surface area (Å²) in [5.41, 5.74) is 6.55. The molecule has 0 bridgehead atoms. The van der Waals surface area contributed by atoms with E-state index in [1.54, 1.807) is 0 Å². The molecule has 1 amide bonds. The molecule has 0 radical (unpaired) electrons. The van der Waals surface area contributed by atoms with Gasteiger partial charge >= 0.3 is 0 Å². The van der Waals surface area contributed by atoms with Crippen LogP contribution >= 0.6 is 0 Å². The van der Waals surface area contributed by atoms with Crippen molar-refractivity contribution in [2.75, 3.05) is 6.61 Å². The Bertz CT molecular complexity index is 450. The van der Waals surface area contributed by atoms with Gasteiger partial charge in [-0.2, -0.15) is 0 Å². The highest BCUT2D eigenvalue weighted by Crippen LogP contribution is 2.28. The highest BCUT2D eigenvalue weighted by Gasteiger charge is 2.37. The number of nitrogens with one attached hydrogen (secondary N) is 1. The van der Waals surface area contributed by atoms with Gasteiger partial charge in [0, 0.05) is 0 Å². The fourth-order valence-corrected chi connectivity index (χ4v) is 2.68. The molecule has 1 atom stereocenters. The zero-order valence-electron chi connectivity index (χ0n) is 12.3. The molecule has 3 N–H and O–H groups in total. The first kappa shape index (κ1) is 14.9. The molecule has 110 valence electrons. The standard InChI is InChI=1S/C16H24N2O2/c1-3-20-14-8-6-13(7-9-14)12(2)18-15(19)16(17)10-4-5-11-16/h6-9,12H,3-5,10-11,17H2,1-2H3,(H,18,19). The maximum Gasteiger partial charge on any atom is 0.240 e. The van der Waals surface area contributed by atoms with E-state index in [1.165, 1.54) is 0 Å². The summed E-state index contributed by atoms with van der Waals surface area (Å²) in [7, 11) is 0. The van der Waals surface area contributed by atoms with Crippen LogP contribution in [0.25, 0.3) is 0 Å². The minimum atomic E-state index is -0.667. The van der Waals surface area contributed by atoms with Crippen molar-refractivity contribution >= 4 is 5.91 Å². The number of carbonyl (C=O) groups is 1. The van der Waals surface area contributed by atoms with E-state index >= 15 is 0 Å². The minimum absolute atomic E-state index is 0.0311. The Kier molecular flexibility index (Phi) is 4.65. The summed E-state index contributed by atoms with van der Waals surface area (Å²) < 4.78 is 5.41. The van der Waals surface area contributed by atoms with Crippen molar-refractivity contribution in [1.29, 1.82) is 0 Å². The lowest BCUT2D eigenvalue weighted by Gasteiger charge is -2.25. The van der Waals surface area contributed by atoms with Crippen molar-refractivity contribution in [2.45, 2.75) is 51.1 Å². The number of ether oxygens (including phenoxy) is 1. The van der Waals surface area contributed by atoms with E-state index in [4.69, 9.17) is 10.5 Å². The smallest absolute Gasteiger partial charge is 0.240 e. The van der Waals surface area contributed by atoms with Gasteiger partial charge in [0.25, 0.3) is 0 Å². The van der Waals surface area contributed by atoms with Gasteiger partial charge in [0.05, 0.1) is 18.2 Å². The van der Waals surface area contributed by atoms with Crippen molar-refractivity contribution in [3.8, 4) is 5.75 Å². The maximum absolute atomic E-state index is 12.3. The van der Waals surface area contributed by atoms with Crippen molar-refractivity contribution in [2.24, 2.45) is 5.73 Å². The third kappa shape index (κ3) is 3.31. The van der Waals surface area contributed by atoms with Crippen LogP contribution in [0.4, 0.5) is 0 Å². The SMILES string of the molecule is CCOc1ccc(C(C)NC(=O)C2(N)CCCC2)cc1. The zero-order valence-corrected chi connectivity index (χ0v) is 12.3. The first-order chi connectivity index (χ1) is 9.55. The third-order valence-corrected chi connectivity index (χ3v) is 3.99. The normalized spacial score (nSPS) is 18.6. The summed E-state index contributed by atoms with van der Waals surface area (Å²) in [4.78, 5) is 12.3. The van der Waals surface area contributed by atoms with Gasteiger partial charge in [0.2, 0.25) is 5.91 Å². The molecule has 20 heavy (non-hydrogen) atoms. The molecular weight excluding hydrogens is 252 g/mol. The van der Waals surface area contributed by atoms with Gasteiger partial charge in [0.15, 0.2) is 0 Å². The van der Waals surface area contributed by atoms with Crippen LogP contribution in [0.2, 0.25) is 0 Å². The Morgan fingerprint density at radius 2 is 1.95 bits per heavy atom. The molecule has 1 aliphatic rings. The van der Waals surface area contributed by atoms with E-state index in [-0.39, 0.29) is 11.9 Å². The lowest BCUT2D eigenvalue weighted by molar-refractivity contribution is -0.126. The largest absolute Gasteiger partial charge is 0.494 e. The van der Waals surface area contributed by atoms with Crippen LogP contribution in [0.15, 0.2) is 24.3 Å². The number of benzene rings is 1. The average molecular weight is 276 g/mol. The summed E-state index contributed by atoms with van der Waals surface area (Å²) >= 11 is 0. The summed E-state index contributed by atoms with van der Waals surface area (Å²) in [6.45, 7) is 4.59. The molecular formula is C16H24N2O2. The molecule has 1 aromatic rings. The van der Waals surface area contributed by atoms with Gasteiger partial charge in [-0.1, -0.05) is 25.0 Å². The topological polar surface area (TPSA) is 64.3 Å². The molecule has 0 spiro atoms. The first-order valence-corrected chi connectivity index (χ1v) is 7.38. The van der Waals surface area contributed by atoms with E-state index in [9.17, 15) is 4.79 Å². The fraction of sp³-hybridized carbons (Fsp3) is 0.562. The molecule has 0 heterocycles. The Morgan fingerprint density at radius 1 is 1.35 bits per heavy atom. The van der Waals surface area contributed by atoms with Crippen LogP contribution in [0, 0.1) is 0 Å². The molecule has 0 aliphatic heterocycles. The summed E-state index contributed by atoms with van der Waals surface area (Å²) in [6, 6.07) is 7.77. The fourth-order valence-electron chi connectivity index (χ4n) is 2.68. The number of carbonyl (C=O) groups excluding carboxylic acids is 1. The van der Waals surface area contributed by atoms with Crippen molar-refractivity contribution in [3.63, 3.8) is 0 Å². The van der Waals surface area contributed by atoms with Crippen LogP contribution in [0.1, 0.15) is 51.1 Å². The Morgan fingerprint density at radius 3 is 2.50 bits per heavy atom. The Balaban J connectivity index is 1.97. The molecule has 1 aromatic carbocycles. The molecule has 0 aromatic heterocycles. The zero-order chi connectivity index (χ0) is 14.6. The quantitative estimate of drug-likeness (QED) is 0.868. The average Bonchev–Trinajstić information content (AvgIpc) is 2.88. The van der Waals surface area contributed by atoms with E-state index in [1.807, 2.05) is 38.1 Å². The molecule has 4 heteroatoms. The Hall–Kier alpha value is -1.55. The Labute approximate surface area is 120 Å². The van der Waals surface area contributed by atoms with Gasteiger partial charge in [0.1, 0.15) is 5.75 Å². The minimum Gasteiger partial charge on any atom is -0.494 e. The molecule has 1 saturated carbocycles. The van der Waals surface area contributed by atoms with Gasteiger partial charge in [-0.3, -0.25) is 4.79 Å². The predicted molar refractivity (Wildman–Crippen MR) is 79.6 cm³/mol. The number of rotatable bonds is 5. The van der Waals surface area contributed by atoms with E-state index in [0.29, 0.717) is 6.61 Å². The molecule has 4 nitrogen and oxygen atoms in total. The van der Waals surface area contributed by atoms with E-state index in [0.717, 1.165) is 37.0 Å². The van der Waals surface area contributed by atoms with E-state index in [2.05, 4.69) is 5.32 Å². The molecule has 0 saturated heterocycles. The van der Waals surface area contributed by atoms with Crippen LogP contribution in [-0.2, 0) is 4.79 Å². The molecule has 1 aliphatic carbocycles. The van der Waals surface area contributed by atoms with Crippen molar-refractivity contribution in [1.82, 2.24) is 5.32 Å². The molecule has 2 rings (SSSR count). The number of hydrogen-bond acceptors (Lipinski definition) is 3. The van der Waals surface area contributed by atoms with Gasteiger partial charge in [-0.05, 0) is 44.4 Å². The second kappa shape index (κ2) is 6.27. The van der Waals surface area contributed by atoms with Crippen LogP contribution in [0.3, 0.4) is 0 Å². The van der Waals surface area contributed by atoms with Gasteiger partial charge in [-0.25, -0.2) is 0 Å². The summed E-state index contributed by atoms with van der Waals surface area (Å²) in [5.74, 6) is 0.817. The van der Waals surface area contributed by atoms with Crippen LogP contribution in [0.5, 0.6) is 5.75 Å². The predicted octanol–water partition coefficient (Wildman–Crippen LogP) is 2.53. The maximum atomic E-state index is 12.3. The highest BCUT2D eigenvalue weighted by atomic mass is 16.5. The number of hydrogen-bond donors (Lipinski definition) is 2. The van der Waals surface area contributed by atoms with Gasteiger partial charge < -0.3 is 15.8 Å². The van der Waals surface area contributed by atoms with Crippen molar-refractivity contribution < 1.29 is 9.53 Å². The highest BCUT2D eigenvalue weighted by molar-refractivity contribution is 5.86. The lowest BCUT2D eigenvalue weighted by atomic mass is 9.97. The first-order valence-electron chi connectivity index (χ1n) is 7.38. The lowest BCUT2D eigenvalue weighted by Crippen LogP contribution is -2.52. The van der Waals surface area contributed by atoms with E-state index < -0.39 is 5.54 Å².